The number of fused-ring (bicyclic) bond motifs is 1. The molecule has 9 heteroatoms. The number of aromatic nitrogens is 1. The van der Waals surface area contributed by atoms with Gasteiger partial charge in [-0.1, -0.05) is 36.5 Å². The molecule has 4 aromatic rings. The SMILES string of the molecule is CCC(C#N)c1cccc(C(=O)Nc2cccc(Oc3ccc4nc(NC(=O)C5CC5)sc4c3CO)c2)c1. The van der Waals surface area contributed by atoms with E-state index in [2.05, 4.69) is 21.7 Å². The summed E-state index contributed by atoms with van der Waals surface area (Å²) in [5, 5.41) is 25.7. The van der Waals surface area contributed by atoms with Gasteiger partial charge in [0.2, 0.25) is 5.91 Å². The molecule has 3 N–H and O–H groups in total. The van der Waals surface area contributed by atoms with Crippen molar-refractivity contribution in [1.82, 2.24) is 4.98 Å². The van der Waals surface area contributed by atoms with E-state index < -0.39 is 0 Å². The standard InChI is InChI=1S/C29H26N4O4S/c1-2-17(15-30)19-5-3-6-20(13-19)28(36)31-21-7-4-8-22(14-21)37-25-12-11-24-26(23(25)16-34)38-29(32-24)33-27(35)18-9-10-18/h3-8,11-14,17-18,34H,2,9-10,16H2,1H3,(H,31,36)(H,32,33,35). The van der Waals surface area contributed by atoms with Crippen molar-refractivity contribution in [3.05, 3.63) is 77.4 Å². The van der Waals surface area contributed by atoms with Gasteiger partial charge in [0, 0.05) is 28.8 Å². The van der Waals surface area contributed by atoms with Crippen LogP contribution in [0.4, 0.5) is 10.8 Å². The first-order chi connectivity index (χ1) is 18.5. The summed E-state index contributed by atoms with van der Waals surface area (Å²) in [7, 11) is 0. The summed E-state index contributed by atoms with van der Waals surface area (Å²) in [6.45, 7) is 1.67. The van der Waals surface area contributed by atoms with Crippen LogP contribution in [-0.2, 0) is 11.4 Å². The lowest BCUT2D eigenvalue weighted by Gasteiger charge is -2.12. The summed E-state index contributed by atoms with van der Waals surface area (Å²) in [6, 6.07) is 19.8. The molecule has 1 aromatic heterocycles. The van der Waals surface area contributed by atoms with Crippen LogP contribution in [-0.4, -0.2) is 21.9 Å². The lowest BCUT2D eigenvalue weighted by molar-refractivity contribution is -0.117. The smallest absolute Gasteiger partial charge is 0.255 e. The number of rotatable bonds is 9. The molecule has 1 unspecified atom stereocenters. The number of ether oxygens (including phenoxy) is 1. The van der Waals surface area contributed by atoms with E-state index in [1.54, 1.807) is 54.6 Å². The summed E-state index contributed by atoms with van der Waals surface area (Å²) in [6.07, 6.45) is 2.48. The average Bonchev–Trinajstić information content (AvgIpc) is 3.70. The molecule has 0 bridgehead atoms. The number of carbonyl (C=O) groups excluding carboxylic acids is 2. The van der Waals surface area contributed by atoms with Crippen LogP contribution in [0.15, 0.2) is 60.7 Å². The monoisotopic (exact) mass is 526 g/mol. The molecule has 1 aliphatic rings. The molecule has 0 radical (unpaired) electrons. The molecule has 1 aliphatic carbocycles. The minimum absolute atomic E-state index is 0.0214. The number of nitrogens with zero attached hydrogens (tertiary/aromatic N) is 2. The van der Waals surface area contributed by atoms with Crippen molar-refractivity contribution in [2.45, 2.75) is 38.7 Å². The number of nitrogens with one attached hydrogen (secondary N) is 2. The Balaban J connectivity index is 1.33. The number of thiazole rings is 1. The number of anilines is 2. The summed E-state index contributed by atoms with van der Waals surface area (Å²) in [5.41, 5.74) is 3.05. The van der Waals surface area contributed by atoms with Gasteiger partial charge in [0.25, 0.3) is 5.91 Å². The van der Waals surface area contributed by atoms with Crippen molar-refractivity contribution < 1.29 is 19.4 Å². The maximum atomic E-state index is 12.9. The summed E-state index contributed by atoms with van der Waals surface area (Å²) < 4.78 is 6.84. The van der Waals surface area contributed by atoms with Crippen LogP contribution in [0.2, 0.25) is 0 Å². The van der Waals surface area contributed by atoms with Gasteiger partial charge < -0.3 is 20.5 Å². The highest BCUT2D eigenvalue weighted by atomic mass is 32.1. The number of aliphatic hydroxyl groups is 1. The van der Waals surface area contributed by atoms with Crippen LogP contribution >= 0.6 is 11.3 Å². The van der Waals surface area contributed by atoms with E-state index >= 15 is 0 Å². The number of hydrogen-bond acceptors (Lipinski definition) is 7. The second-order valence-corrected chi connectivity index (χ2v) is 10.1. The maximum Gasteiger partial charge on any atom is 0.255 e. The van der Waals surface area contributed by atoms with Gasteiger partial charge in [0.1, 0.15) is 11.5 Å². The number of nitriles is 1. The van der Waals surface area contributed by atoms with Crippen molar-refractivity contribution in [1.29, 1.82) is 5.26 Å². The molecule has 1 atom stereocenters. The topological polar surface area (TPSA) is 124 Å². The molecule has 38 heavy (non-hydrogen) atoms. The van der Waals surface area contributed by atoms with Crippen molar-refractivity contribution in [3.8, 4) is 17.6 Å². The predicted octanol–water partition coefficient (Wildman–Crippen LogP) is 6.20. The number of aliphatic hydroxyl groups excluding tert-OH is 1. The lowest BCUT2D eigenvalue weighted by Crippen LogP contribution is -2.12. The molecule has 3 aromatic carbocycles. The molecule has 1 fully saturated rings. The van der Waals surface area contributed by atoms with Crippen LogP contribution < -0.4 is 15.4 Å². The Labute approximate surface area is 223 Å². The van der Waals surface area contributed by atoms with Crippen molar-refractivity contribution in [2.75, 3.05) is 10.6 Å². The second kappa shape index (κ2) is 11.0. The van der Waals surface area contributed by atoms with Crippen molar-refractivity contribution >= 4 is 44.2 Å². The van der Waals surface area contributed by atoms with Gasteiger partial charge >= 0.3 is 0 Å². The van der Waals surface area contributed by atoms with Crippen LogP contribution in [0.5, 0.6) is 11.5 Å². The van der Waals surface area contributed by atoms with Gasteiger partial charge in [-0.15, -0.1) is 0 Å². The molecular weight excluding hydrogens is 500 g/mol. The van der Waals surface area contributed by atoms with Gasteiger partial charge in [-0.3, -0.25) is 9.59 Å². The summed E-state index contributed by atoms with van der Waals surface area (Å²) in [5.74, 6) is 0.434. The number of hydrogen-bond donors (Lipinski definition) is 3. The van der Waals surface area contributed by atoms with Crippen LogP contribution in [0.1, 0.15) is 53.6 Å². The fourth-order valence-corrected chi connectivity index (χ4v) is 5.14. The quantitative estimate of drug-likeness (QED) is 0.239. The molecule has 0 saturated heterocycles. The van der Waals surface area contributed by atoms with E-state index in [4.69, 9.17) is 4.74 Å². The summed E-state index contributed by atoms with van der Waals surface area (Å²) in [4.78, 5) is 29.5. The van der Waals surface area contributed by atoms with Gasteiger partial charge in [-0.05, 0) is 61.2 Å². The maximum absolute atomic E-state index is 12.9. The predicted molar refractivity (Wildman–Crippen MR) is 146 cm³/mol. The molecule has 0 spiro atoms. The average molecular weight is 527 g/mol. The molecule has 1 heterocycles. The molecule has 1 saturated carbocycles. The zero-order valence-electron chi connectivity index (χ0n) is 20.7. The Morgan fingerprint density at radius 1 is 1.16 bits per heavy atom. The van der Waals surface area contributed by atoms with E-state index in [1.807, 2.05) is 13.0 Å². The van der Waals surface area contributed by atoms with E-state index in [-0.39, 0.29) is 30.3 Å². The Morgan fingerprint density at radius 2 is 1.97 bits per heavy atom. The molecule has 192 valence electrons. The fraction of sp³-hybridized carbons (Fsp3) is 0.241. The minimum atomic E-state index is -0.292. The van der Waals surface area contributed by atoms with Gasteiger partial charge in [-0.25, -0.2) is 4.98 Å². The number of amides is 2. The second-order valence-electron chi connectivity index (χ2n) is 9.13. The van der Waals surface area contributed by atoms with Gasteiger partial charge in [0.15, 0.2) is 5.13 Å². The van der Waals surface area contributed by atoms with Crippen molar-refractivity contribution in [2.24, 2.45) is 5.92 Å². The molecule has 0 aliphatic heterocycles. The largest absolute Gasteiger partial charge is 0.457 e. The molecule has 5 rings (SSSR count). The van der Waals surface area contributed by atoms with Crippen LogP contribution in [0.3, 0.4) is 0 Å². The third kappa shape index (κ3) is 5.52. The highest BCUT2D eigenvalue weighted by Crippen LogP contribution is 2.38. The number of carbonyl (C=O) groups is 2. The fourth-order valence-electron chi connectivity index (χ4n) is 4.15. The highest BCUT2D eigenvalue weighted by molar-refractivity contribution is 7.22. The van der Waals surface area contributed by atoms with E-state index in [0.29, 0.717) is 45.4 Å². The van der Waals surface area contributed by atoms with Crippen molar-refractivity contribution in [3.63, 3.8) is 0 Å². The third-order valence-corrected chi connectivity index (χ3v) is 7.44. The highest BCUT2D eigenvalue weighted by Gasteiger charge is 2.30. The van der Waals surface area contributed by atoms with Gasteiger partial charge in [0.05, 0.1) is 28.8 Å². The van der Waals surface area contributed by atoms with Crippen LogP contribution in [0, 0.1) is 17.2 Å². The van der Waals surface area contributed by atoms with Gasteiger partial charge in [-0.2, -0.15) is 5.26 Å². The minimum Gasteiger partial charge on any atom is -0.457 e. The van der Waals surface area contributed by atoms with E-state index in [0.717, 1.165) is 23.1 Å². The molecule has 2 amide bonds. The lowest BCUT2D eigenvalue weighted by atomic mass is 9.96. The Bertz CT molecular complexity index is 1550. The van der Waals surface area contributed by atoms with E-state index in [9.17, 15) is 20.0 Å². The Kier molecular flexibility index (Phi) is 7.36. The molecular formula is C29H26N4O4S. The Hall–Kier alpha value is -4.26. The summed E-state index contributed by atoms with van der Waals surface area (Å²) >= 11 is 1.30. The third-order valence-electron chi connectivity index (χ3n) is 6.39. The zero-order valence-corrected chi connectivity index (χ0v) is 21.5. The van der Waals surface area contributed by atoms with Crippen LogP contribution in [0.25, 0.3) is 10.2 Å². The normalized spacial score (nSPS) is 13.5. The number of benzene rings is 3. The molecule has 8 nitrogen and oxygen atoms in total. The Morgan fingerprint density at radius 3 is 2.71 bits per heavy atom. The first kappa shape index (κ1) is 25.4. The van der Waals surface area contributed by atoms with E-state index in [1.165, 1.54) is 11.3 Å². The first-order valence-electron chi connectivity index (χ1n) is 12.4. The zero-order chi connectivity index (χ0) is 26.6. The first-order valence-corrected chi connectivity index (χ1v) is 13.2.